The molecule has 0 amide bonds. The van der Waals surface area contributed by atoms with Gasteiger partial charge in [0.15, 0.2) is 0 Å². The maximum atomic E-state index is 13.3. The molecule has 3 nitrogen and oxygen atoms in total. The smallest absolute Gasteiger partial charge is 0.338 e. The molecule has 0 saturated heterocycles. The molecule has 0 heterocycles. The maximum Gasteiger partial charge on any atom is 0.338 e. The normalized spacial score (nSPS) is 18.9. The molecule has 0 bridgehead atoms. The van der Waals surface area contributed by atoms with E-state index in [1.165, 1.54) is 12.1 Å². The molecule has 1 aliphatic rings. The van der Waals surface area contributed by atoms with Gasteiger partial charge in [-0.3, -0.25) is 0 Å². The summed E-state index contributed by atoms with van der Waals surface area (Å²) in [5.41, 5.74) is 0.802. The highest BCUT2D eigenvalue weighted by Crippen LogP contribution is 2.36. The molecule has 1 aromatic rings. The Morgan fingerprint density at radius 3 is 2.65 bits per heavy atom. The zero-order chi connectivity index (χ0) is 14.8. The van der Waals surface area contributed by atoms with Crippen LogP contribution < -0.4 is 0 Å². The number of benzene rings is 1. The van der Waals surface area contributed by atoms with Crippen molar-refractivity contribution in [2.75, 3.05) is 0 Å². The van der Waals surface area contributed by atoms with Gasteiger partial charge in [0.2, 0.25) is 0 Å². The topological polar surface area (TPSA) is 46.5 Å². The standard InChI is InChI=1S/C16H21FO3/c1-16(2)7-5-12(6-8-16)20-10-11-3-4-14(17)13(9-11)15(18)19/h3-4,9,12H,5-8,10H2,1-2H3,(H,18,19). The third-order valence-corrected chi connectivity index (χ3v) is 4.03. The second-order valence-electron chi connectivity index (χ2n) is 6.29. The monoisotopic (exact) mass is 280 g/mol. The van der Waals surface area contributed by atoms with E-state index >= 15 is 0 Å². The van der Waals surface area contributed by atoms with Crippen LogP contribution in [0.15, 0.2) is 18.2 Å². The number of carboxylic acids is 1. The summed E-state index contributed by atoms with van der Waals surface area (Å²) >= 11 is 0. The van der Waals surface area contributed by atoms with E-state index in [1.54, 1.807) is 6.07 Å². The van der Waals surface area contributed by atoms with Crippen LogP contribution in [-0.4, -0.2) is 17.2 Å². The molecule has 110 valence electrons. The third kappa shape index (κ3) is 3.79. The fourth-order valence-corrected chi connectivity index (χ4v) is 2.58. The van der Waals surface area contributed by atoms with E-state index in [9.17, 15) is 9.18 Å². The van der Waals surface area contributed by atoms with Gasteiger partial charge in [0.25, 0.3) is 0 Å². The van der Waals surface area contributed by atoms with Gasteiger partial charge in [-0.05, 0) is 48.8 Å². The van der Waals surface area contributed by atoms with Crippen molar-refractivity contribution in [3.05, 3.63) is 35.1 Å². The molecule has 1 saturated carbocycles. The van der Waals surface area contributed by atoms with Gasteiger partial charge in [0.1, 0.15) is 5.82 Å². The van der Waals surface area contributed by atoms with Crippen molar-refractivity contribution in [2.24, 2.45) is 5.41 Å². The van der Waals surface area contributed by atoms with Crippen LogP contribution in [0.3, 0.4) is 0 Å². The predicted molar refractivity (Wildman–Crippen MR) is 74.2 cm³/mol. The Bertz CT molecular complexity index is 486. The van der Waals surface area contributed by atoms with E-state index in [1.807, 2.05) is 0 Å². The number of carboxylic acid groups (broad SMARTS) is 1. The zero-order valence-corrected chi connectivity index (χ0v) is 12.0. The van der Waals surface area contributed by atoms with Crippen molar-refractivity contribution < 1.29 is 19.0 Å². The fourth-order valence-electron chi connectivity index (χ4n) is 2.58. The molecule has 0 spiro atoms. The van der Waals surface area contributed by atoms with E-state index in [0.29, 0.717) is 17.6 Å². The van der Waals surface area contributed by atoms with Gasteiger partial charge in [-0.25, -0.2) is 9.18 Å². The molecule has 1 fully saturated rings. The summed E-state index contributed by atoms with van der Waals surface area (Å²) in [6.45, 7) is 4.87. The van der Waals surface area contributed by atoms with Crippen LogP contribution in [0.4, 0.5) is 4.39 Å². The van der Waals surface area contributed by atoms with Crippen LogP contribution in [0.2, 0.25) is 0 Å². The van der Waals surface area contributed by atoms with Gasteiger partial charge in [0, 0.05) is 0 Å². The van der Waals surface area contributed by atoms with E-state index in [4.69, 9.17) is 9.84 Å². The SMILES string of the molecule is CC1(C)CCC(OCc2ccc(F)c(C(=O)O)c2)CC1. The zero-order valence-electron chi connectivity index (χ0n) is 12.0. The Morgan fingerprint density at radius 2 is 2.05 bits per heavy atom. The first-order chi connectivity index (χ1) is 9.37. The minimum absolute atomic E-state index is 0.223. The lowest BCUT2D eigenvalue weighted by Gasteiger charge is -2.34. The quantitative estimate of drug-likeness (QED) is 0.906. The summed E-state index contributed by atoms with van der Waals surface area (Å²) in [7, 11) is 0. The summed E-state index contributed by atoms with van der Waals surface area (Å²) in [5.74, 6) is -1.95. The number of carbonyl (C=O) groups is 1. The van der Waals surface area contributed by atoms with E-state index in [2.05, 4.69) is 13.8 Å². The number of aromatic carboxylic acids is 1. The van der Waals surface area contributed by atoms with Crippen molar-refractivity contribution >= 4 is 5.97 Å². The molecule has 2 rings (SSSR count). The van der Waals surface area contributed by atoms with E-state index < -0.39 is 11.8 Å². The number of rotatable bonds is 4. The first kappa shape index (κ1) is 15.0. The van der Waals surface area contributed by atoms with Crippen molar-refractivity contribution in [1.82, 2.24) is 0 Å². The number of hydrogen-bond donors (Lipinski definition) is 1. The number of halogens is 1. The minimum Gasteiger partial charge on any atom is -0.478 e. The van der Waals surface area contributed by atoms with E-state index in [-0.39, 0.29) is 11.7 Å². The van der Waals surface area contributed by atoms with Crippen molar-refractivity contribution in [1.29, 1.82) is 0 Å². The highest BCUT2D eigenvalue weighted by atomic mass is 19.1. The Balaban J connectivity index is 1.92. The lowest BCUT2D eigenvalue weighted by atomic mass is 9.76. The van der Waals surface area contributed by atoms with Gasteiger partial charge in [-0.1, -0.05) is 19.9 Å². The first-order valence-corrected chi connectivity index (χ1v) is 7.01. The van der Waals surface area contributed by atoms with Crippen LogP contribution in [0.25, 0.3) is 0 Å². The molecule has 1 N–H and O–H groups in total. The highest BCUT2D eigenvalue weighted by Gasteiger charge is 2.27. The Labute approximate surface area is 118 Å². The largest absolute Gasteiger partial charge is 0.478 e. The van der Waals surface area contributed by atoms with Crippen LogP contribution in [0, 0.1) is 11.2 Å². The third-order valence-electron chi connectivity index (χ3n) is 4.03. The molecule has 0 atom stereocenters. The predicted octanol–water partition coefficient (Wildman–Crippen LogP) is 4.01. The highest BCUT2D eigenvalue weighted by molar-refractivity contribution is 5.88. The summed E-state index contributed by atoms with van der Waals surface area (Å²) < 4.78 is 19.1. The first-order valence-electron chi connectivity index (χ1n) is 7.01. The summed E-state index contributed by atoms with van der Waals surface area (Å²) in [6.07, 6.45) is 4.56. The number of ether oxygens (including phenoxy) is 1. The Kier molecular flexibility index (Phi) is 4.43. The lowest BCUT2D eigenvalue weighted by molar-refractivity contribution is -0.00562. The van der Waals surface area contributed by atoms with Gasteiger partial charge in [-0.2, -0.15) is 0 Å². The van der Waals surface area contributed by atoms with Crippen LogP contribution >= 0.6 is 0 Å². The minimum atomic E-state index is -1.25. The molecule has 0 aliphatic heterocycles. The Hall–Kier alpha value is -1.42. The molecular formula is C16H21FO3. The molecule has 1 aromatic carbocycles. The molecule has 4 heteroatoms. The summed E-state index contributed by atoms with van der Waals surface area (Å²) in [6, 6.07) is 4.12. The molecule has 1 aliphatic carbocycles. The van der Waals surface area contributed by atoms with Gasteiger partial charge < -0.3 is 9.84 Å². The average molecular weight is 280 g/mol. The van der Waals surface area contributed by atoms with Gasteiger partial charge in [-0.15, -0.1) is 0 Å². The fraction of sp³-hybridized carbons (Fsp3) is 0.562. The second-order valence-corrected chi connectivity index (χ2v) is 6.29. The van der Waals surface area contributed by atoms with Crippen LogP contribution in [-0.2, 0) is 11.3 Å². The molecule has 0 unspecified atom stereocenters. The second kappa shape index (κ2) is 5.92. The molecule has 0 aromatic heterocycles. The van der Waals surface area contributed by atoms with E-state index in [0.717, 1.165) is 25.7 Å². The molecule has 20 heavy (non-hydrogen) atoms. The Morgan fingerprint density at radius 1 is 1.40 bits per heavy atom. The van der Waals surface area contributed by atoms with Crippen molar-refractivity contribution in [2.45, 2.75) is 52.2 Å². The summed E-state index contributed by atoms with van der Waals surface area (Å²) in [4.78, 5) is 10.9. The van der Waals surface area contributed by atoms with Crippen molar-refractivity contribution in [3.8, 4) is 0 Å². The van der Waals surface area contributed by atoms with Crippen LogP contribution in [0.5, 0.6) is 0 Å². The van der Waals surface area contributed by atoms with Crippen molar-refractivity contribution in [3.63, 3.8) is 0 Å². The molecule has 0 radical (unpaired) electrons. The van der Waals surface area contributed by atoms with Crippen LogP contribution in [0.1, 0.15) is 55.5 Å². The average Bonchev–Trinajstić information content (AvgIpc) is 2.38. The van der Waals surface area contributed by atoms with Gasteiger partial charge >= 0.3 is 5.97 Å². The number of hydrogen-bond acceptors (Lipinski definition) is 2. The summed E-state index contributed by atoms with van der Waals surface area (Å²) in [5, 5.41) is 8.88. The molecular weight excluding hydrogens is 259 g/mol. The lowest BCUT2D eigenvalue weighted by Crippen LogP contribution is -2.26. The maximum absolute atomic E-state index is 13.3. The van der Waals surface area contributed by atoms with Gasteiger partial charge in [0.05, 0.1) is 18.3 Å².